The molecule has 2 rings (SSSR count). The van der Waals surface area contributed by atoms with E-state index in [0.29, 0.717) is 29.6 Å². The summed E-state index contributed by atoms with van der Waals surface area (Å²) in [6, 6.07) is 0. The molecule has 5 atom stereocenters. The van der Waals surface area contributed by atoms with E-state index in [1.54, 1.807) is 0 Å². The molecule has 3 nitrogen and oxygen atoms in total. The smallest absolute Gasteiger partial charge is 0.305 e. The van der Waals surface area contributed by atoms with Crippen LogP contribution in [0.25, 0.3) is 0 Å². The molecule has 140 valence electrons. The van der Waals surface area contributed by atoms with E-state index >= 15 is 0 Å². The van der Waals surface area contributed by atoms with Gasteiger partial charge in [-0.1, -0.05) is 34.1 Å². The van der Waals surface area contributed by atoms with Gasteiger partial charge in [-0.2, -0.15) is 0 Å². The van der Waals surface area contributed by atoms with E-state index in [-0.39, 0.29) is 11.4 Å². The van der Waals surface area contributed by atoms with Crippen LogP contribution >= 0.6 is 0 Å². The van der Waals surface area contributed by atoms with Crippen molar-refractivity contribution in [2.24, 2.45) is 28.6 Å². The Balaban J connectivity index is 2.13. The summed E-state index contributed by atoms with van der Waals surface area (Å²) in [5.41, 5.74) is 0.0114. The van der Waals surface area contributed by atoms with Gasteiger partial charge in [-0.3, -0.25) is 4.79 Å². The number of carbonyl (C=O) groups excluding carboxylic acids is 1. The second kappa shape index (κ2) is 6.97. The van der Waals surface area contributed by atoms with Gasteiger partial charge in [-0.05, 0) is 74.0 Å². The van der Waals surface area contributed by atoms with E-state index in [1.807, 2.05) is 6.92 Å². The molecule has 0 saturated heterocycles. The quantitative estimate of drug-likeness (QED) is 0.721. The fourth-order valence-electron chi connectivity index (χ4n) is 6.19. The molecule has 0 unspecified atom stereocenters. The van der Waals surface area contributed by atoms with Crippen molar-refractivity contribution in [3.8, 4) is 0 Å². The van der Waals surface area contributed by atoms with Gasteiger partial charge < -0.3 is 9.84 Å². The Labute approximate surface area is 148 Å². The zero-order valence-corrected chi connectivity index (χ0v) is 16.7. The normalized spacial score (nSPS) is 39.8. The van der Waals surface area contributed by atoms with Crippen LogP contribution in [0.1, 0.15) is 86.0 Å². The van der Waals surface area contributed by atoms with E-state index < -0.39 is 5.60 Å². The number of carbonyl (C=O) groups is 1. The molecule has 0 spiro atoms. The van der Waals surface area contributed by atoms with Crippen molar-refractivity contribution in [1.29, 1.82) is 0 Å². The lowest BCUT2D eigenvalue weighted by Gasteiger charge is -2.61. The van der Waals surface area contributed by atoms with Crippen molar-refractivity contribution >= 4 is 5.97 Å². The van der Waals surface area contributed by atoms with Crippen LogP contribution in [0.5, 0.6) is 0 Å². The predicted molar refractivity (Wildman–Crippen MR) is 97.6 cm³/mol. The van der Waals surface area contributed by atoms with Gasteiger partial charge >= 0.3 is 5.97 Å². The second-order valence-corrected chi connectivity index (χ2v) is 9.81. The maximum atomic E-state index is 11.5. The van der Waals surface area contributed by atoms with Gasteiger partial charge in [0.1, 0.15) is 0 Å². The number of esters is 1. The molecule has 24 heavy (non-hydrogen) atoms. The third-order valence-corrected chi connectivity index (χ3v) is 7.45. The summed E-state index contributed by atoms with van der Waals surface area (Å²) in [6.45, 7) is 11.4. The van der Waals surface area contributed by atoms with Gasteiger partial charge in [0.25, 0.3) is 0 Å². The summed E-state index contributed by atoms with van der Waals surface area (Å²) in [5, 5.41) is 11.2. The minimum atomic E-state index is -0.580. The summed E-state index contributed by atoms with van der Waals surface area (Å²) in [7, 11) is 1.46. The van der Waals surface area contributed by atoms with Crippen molar-refractivity contribution in [2.45, 2.75) is 91.6 Å². The Morgan fingerprint density at radius 3 is 2.50 bits per heavy atom. The van der Waals surface area contributed by atoms with Crippen molar-refractivity contribution in [2.75, 3.05) is 7.11 Å². The minimum Gasteiger partial charge on any atom is -0.469 e. The molecule has 0 aliphatic heterocycles. The first-order valence-corrected chi connectivity index (χ1v) is 9.82. The zero-order valence-electron chi connectivity index (χ0n) is 16.7. The monoisotopic (exact) mass is 338 g/mol. The van der Waals surface area contributed by atoms with Crippen LogP contribution in [0, 0.1) is 28.6 Å². The second-order valence-electron chi connectivity index (χ2n) is 9.81. The number of fused-ring (bicyclic) bond motifs is 1. The highest BCUT2D eigenvalue weighted by Gasteiger charge is 2.57. The molecule has 0 aromatic rings. The maximum absolute atomic E-state index is 11.5. The Morgan fingerprint density at radius 2 is 1.88 bits per heavy atom. The zero-order chi connectivity index (χ0) is 18.2. The molecule has 2 saturated carbocycles. The largest absolute Gasteiger partial charge is 0.469 e. The molecule has 3 heteroatoms. The van der Waals surface area contributed by atoms with Crippen molar-refractivity contribution in [1.82, 2.24) is 0 Å². The Bertz CT molecular complexity index is 454. The lowest BCUT2D eigenvalue weighted by Crippen LogP contribution is -2.57. The Hall–Kier alpha value is -0.570. The molecule has 2 aliphatic carbocycles. The van der Waals surface area contributed by atoms with Gasteiger partial charge in [0.2, 0.25) is 0 Å². The van der Waals surface area contributed by atoms with Crippen LogP contribution in [-0.4, -0.2) is 23.8 Å². The SMILES string of the molecule is COC(=O)C[C@@H](C)CC[C@@H]1[C@@]2(C)CCCC(C)(C)[C@H]2CC[C@@]1(C)O. The van der Waals surface area contributed by atoms with Gasteiger partial charge in [-0.25, -0.2) is 0 Å². The minimum absolute atomic E-state index is 0.124. The molecule has 0 aromatic carbocycles. The highest BCUT2D eigenvalue weighted by Crippen LogP contribution is 2.63. The first-order chi connectivity index (χ1) is 11.0. The van der Waals surface area contributed by atoms with E-state index in [2.05, 4.69) is 27.7 Å². The summed E-state index contributed by atoms with van der Waals surface area (Å²) in [5.74, 6) is 1.21. The molecule has 0 radical (unpaired) electrons. The topological polar surface area (TPSA) is 46.5 Å². The molecular formula is C21H38O3. The van der Waals surface area contributed by atoms with Gasteiger partial charge in [0, 0.05) is 6.42 Å². The summed E-state index contributed by atoms with van der Waals surface area (Å²) < 4.78 is 4.80. The van der Waals surface area contributed by atoms with E-state index in [9.17, 15) is 9.90 Å². The van der Waals surface area contributed by atoms with Gasteiger partial charge in [-0.15, -0.1) is 0 Å². The molecular weight excluding hydrogens is 300 g/mol. The molecule has 1 N–H and O–H groups in total. The number of rotatable bonds is 5. The molecule has 0 bridgehead atoms. The molecule has 0 heterocycles. The van der Waals surface area contributed by atoms with E-state index in [4.69, 9.17) is 4.74 Å². The number of methoxy groups -OCH3 is 1. The Morgan fingerprint density at radius 1 is 1.21 bits per heavy atom. The average molecular weight is 339 g/mol. The van der Waals surface area contributed by atoms with Crippen molar-refractivity contribution in [3.63, 3.8) is 0 Å². The van der Waals surface area contributed by atoms with Crippen LogP contribution in [-0.2, 0) is 9.53 Å². The first-order valence-electron chi connectivity index (χ1n) is 9.82. The predicted octanol–water partition coefficient (Wildman–Crippen LogP) is 4.96. The highest BCUT2D eigenvalue weighted by atomic mass is 16.5. The van der Waals surface area contributed by atoms with E-state index in [1.165, 1.54) is 26.4 Å². The lowest BCUT2D eigenvalue weighted by atomic mass is 9.45. The van der Waals surface area contributed by atoms with Crippen LogP contribution < -0.4 is 0 Å². The Kier molecular flexibility index (Phi) is 5.74. The molecule has 0 amide bonds. The molecule has 2 fully saturated rings. The highest BCUT2D eigenvalue weighted by molar-refractivity contribution is 5.69. The van der Waals surface area contributed by atoms with Gasteiger partial charge in [0.15, 0.2) is 0 Å². The molecule has 2 aliphatic rings. The fraction of sp³-hybridized carbons (Fsp3) is 0.952. The third kappa shape index (κ3) is 3.81. The number of aliphatic hydroxyl groups is 1. The summed E-state index contributed by atoms with van der Waals surface area (Å²) >= 11 is 0. The number of hydrogen-bond donors (Lipinski definition) is 1. The maximum Gasteiger partial charge on any atom is 0.305 e. The standard InChI is InChI=1S/C21H38O3/c1-15(14-18(22)24-6)8-9-17-20(4)12-7-11-19(2,3)16(20)10-13-21(17,5)23/h15-17,23H,7-14H2,1-6H3/t15-,16+,17+,20-,21+/m0/s1. The van der Waals surface area contributed by atoms with Crippen LogP contribution in [0.3, 0.4) is 0 Å². The van der Waals surface area contributed by atoms with Gasteiger partial charge in [0.05, 0.1) is 12.7 Å². The summed E-state index contributed by atoms with van der Waals surface area (Å²) in [6.07, 6.45) is 8.33. The number of hydrogen-bond acceptors (Lipinski definition) is 3. The van der Waals surface area contributed by atoms with Crippen LogP contribution in [0.15, 0.2) is 0 Å². The number of ether oxygens (including phenoxy) is 1. The third-order valence-electron chi connectivity index (χ3n) is 7.45. The fourth-order valence-corrected chi connectivity index (χ4v) is 6.19. The van der Waals surface area contributed by atoms with Crippen molar-refractivity contribution in [3.05, 3.63) is 0 Å². The lowest BCUT2D eigenvalue weighted by molar-refractivity contribution is -0.170. The van der Waals surface area contributed by atoms with Crippen molar-refractivity contribution < 1.29 is 14.6 Å². The first kappa shape index (κ1) is 19.8. The summed E-state index contributed by atoms with van der Waals surface area (Å²) in [4.78, 5) is 11.5. The van der Waals surface area contributed by atoms with Crippen LogP contribution in [0.2, 0.25) is 0 Å². The van der Waals surface area contributed by atoms with E-state index in [0.717, 1.165) is 25.7 Å². The average Bonchev–Trinajstić information content (AvgIpc) is 2.44. The molecule has 0 aromatic heterocycles. The van der Waals surface area contributed by atoms with Crippen LogP contribution in [0.4, 0.5) is 0 Å².